The highest BCUT2D eigenvalue weighted by molar-refractivity contribution is 7.14. The van der Waals surface area contributed by atoms with Gasteiger partial charge < -0.3 is 9.47 Å². The largest absolute Gasteiger partial charge is 0.496 e. The van der Waals surface area contributed by atoms with Crippen LogP contribution in [0.2, 0.25) is 0 Å². The molecule has 0 fully saturated rings. The van der Waals surface area contributed by atoms with E-state index in [1.165, 1.54) is 31.1 Å². The molecule has 0 saturated carbocycles. The van der Waals surface area contributed by atoms with Crippen LogP contribution in [0.3, 0.4) is 0 Å². The number of nitrogens with one attached hydrogen (secondary N) is 1. The predicted octanol–water partition coefficient (Wildman–Crippen LogP) is 4.64. The van der Waals surface area contributed by atoms with E-state index in [1.54, 1.807) is 18.2 Å². The summed E-state index contributed by atoms with van der Waals surface area (Å²) >= 11 is 1.38. The highest BCUT2D eigenvalue weighted by atomic mass is 32.1. The molecule has 6 heteroatoms. The van der Waals surface area contributed by atoms with Gasteiger partial charge in [-0.1, -0.05) is 37.3 Å². The van der Waals surface area contributed by atoms with E-state index in [9.17, 15) is 4.79 Å². The zero-order chi connectivity index (χ0) is 18.5. The molecule has 0 saturated heterocycles. The Kier molecular flexibility index (Phi) is 5.53. The van der Waals surface area contributed by atoms with Gasteiger partial charge in [-0.2, -0.15) is 0 Å². The summed E-state index contributed by atoms with van der Waals surface area (Å²) in [7, 11) is 3.04. The number of ether oxygens (including phenoxy) is 2. The predicted molar refractivity (Wildman–Crippen MR) is 104 cm³/mol. The molecule has 1 N–H and O–H groups in total. The third-order valence-electron chi connectivity index (χ3n) is 4.04. The van der Waals surface area contributed by atoms with Crippen molar-refractivity contribution in [3.8, 4) is 22.8 Å². The molecule has 3 aromatic rings. The molecular weight excluding hydrogens is 348 g/mol. The van der Waals surface area contributed by atoms with Gasteiger partial charge in [0, 0.05) is 10.9 Å². The van der Waals surface area contributed by atoms with E-state index in [-0.39, 0.29) is 5.91 Å². The van der Waals surface area contributed by atoms with Crippen molar-refractivity contribution < 1.29 is 14.3 Å². The second kappa shape index (κ2) is 8.01. The van der Waals surface area contributed by atoms with Crippen molar-refractivity contribution in [3.63, 3.8) is 0 Å². The number of aromatic nitrogens is 1. The van der Waals surface area contributed by atoms with Crippen LogP contribution in [0, 0.1) is 0 Å². The summed E-state index contributed by atoms with van der Waals surface area (Å²) in [6.07, 6.45) is 0.999. The quantitative estimate of drug-likeness (QED) is 0.688. The fourth-order valence-corrected chi connectivity index (χ4v) is 3.32. The van der Waals surface area contributed by atoms with Gasteiger partial charge in [0.1, 0.15) is 17.1 Å². The van der Waals surface area contributed by atoms with Crippen LogP contribution >= 0.6 is 11.3 Å². The van der Waals surface area contributed by atoms with E-state index in [2.05, 4.69) is 29.4 Å². The molecule has 1 aromatic heterocycles. The Bertz CT molecular complexity index is 881. The van der Waals surface area contributed by atoms with Crippen LogP contribution in [-0.2, 0) is 6.42 Å². The zero-order valence-corrected chi connectivity index (χ0v) is 15.7. The number of aryl methyl sites for hydroxylation is 1. The first kappa shape index (κ1) is 17.9. The van der Waals surface area contributed by atoms with Gasteiger partial charge in [-0.15, -0.1) is 11.3 Å². The molecule has 3 rings (SSSR count). The normalized spacial score (nSPS) is 10.4. The standard InChI is InChI=1S/C20H20N2O3S/c1-4-13-8-10-14(11-9-13)15-12-26-20(21-15)22-19(23)18-16(24-2)6-5-7-17(18)25-3/h5-12H,4H2,1-3H3,(H,21,22,23). The number of hydrogen-bond acceptors (Lipinski definition) is 5. The highest BCUT2D eigenvalue weighted by Gasteiger charge is 2.19. The minimum Gasteiger partial charge on any atom is -0.496 e. The van der Waals surface area contributed by atoms with Crippen molar-refractivity contribution in [2.75, 3.05) is 19.5 Å². The number of nitrogens with zero attached hydrogens (tertiary/aromatic N) is 1. The Morgan fingerprint density at radius 3 is 2.31 bits per heavy atom. The molecule has 1 heterocycles. The lowest BCUT2D eigenvalue weighted by Gasteiger charge is -2.11. The fraction of sp³-hybridized carbons (Fsp3) is 0.200. The maximum atomic E-state index is 12.7. The summed E-state index contributed by atoms with van der Waals surface area (Å²) < 4.78 is 10.6. The first-order valence-electron chi connectivity index (χ1n) is 8.23. The van der Waals surface area contributed by atoms with Crippen LogP contribution in [0.15, 0.2) is 47.8 Å². The van der Waals surface area contributed by atoms with Crippen molar-refractivity contribution >= 4 is 22.4 Å². The van der Waals surface area contributed by atoms with E-state index < -0.39 is 0 Å². The number of carbonyl (C=O) groups is 1. The lowest BCUT2D eigenvalue weighted by Crippen LogP contribution is -2.14. The molecule has 134 valence electrons. The van der Waals surface area contributed by atoms with Crippen LogP contribution in [-0.4, -0.2) is 25.1 Å². The molecule has 0 aliphatic heterocycles. The van der Waals surface area contributed by atoms with Gasteiger partial charge >= 0.3 is 0 Å². The number of methoxy groups -OCH3 is 2. The van der Waals surface area contributed by atoms with Crippen LogP contribution < -0.4 is 14.8 Å². The Morgan fingerprint density at radius 1 is 1.08 bits per heavy atom. The van der Waals surface area contributed by atoms with E-state index in [0.29, 0.717) is 22.2 Å². The molecule has 26 heavy (non-hydrogen) atoms. The molecule has 0 unspecified atom stereocenters. The van der Waals surface area contributed by atoms with Crippen molar-refractivity contribution in [1.82, 2.24) is 4.98 Å². The molecule has 5 nitrogen and oxygen atoms in total. The number of benzene rings is 2. The fourth-order valence-electron chi connectivity index (χ4n) is 2.61. The summed E-state index contributed by atoms with van der Waals surface area (Å²) in [5.74, 6) is 0.587. The molecule has 1 amide bonds. The molecule has 2 aromatic carbocycles. The van der Waals surface area contributed by atoms with Gasteiger partial charge in [-0.25, -0.2) is 4.98 Å². The minimum absolute atomic E-state index is 0.318. The topological polar surface area (TPSA) is 60.5 Å². The maximum Gasteiger partial charge on any atom is 0.265 e. The molecular formula is C20H20N2O3S. The van der Waals surface area contributed by atoms with E-state index in [0.717, 1.165) is 17.7 Å². The molecule has 0 bridgehead atoms. The number of hydrogen-bond donors (Lipinski definition) is 1. The van der Waals surface area contributed by atoms with Gasteiger partial charge in [-0.05, 0) is 24.1 Å². The van der Waals surface area contributed by atoms with Crippen LogP contribution in [0.25, 0.3) is 11.3 Å². The molecule has 0 spiro atoms. The number of rotatable bonds is 6. The van der Waals surface area contributed by atoms with E-state index in [4.69, 9.17) is 9.47 Å². The SMILES string of the molecule is CCc1ccc(-c2csc(NC(=O)c3c(OC)cccc3OC)n2)cc1. The van der Waals surface area contributed by atoms with Crippen LogP contribution in [0.4, 0.5) is 5.13 Å². The number of thiazole rings is 1. The van der Waals surface area contributed by atoms with Gasteiger partial charge in [0.15, 0.2) is 5.13 Å². The molecule has 0 radical (unpaired) electrons. The van der Waals surface area contributed by atoms with Crippen molar-refractivity contribution in [3.05, 3.63) is 59.0 Å². The number of carbonyl (C=O) groups excluding carboxylic acids is 1. The van der Waals surface area contributed by atoms with Gasteiger partial charge in [0.25, 0.3) is 5.91 Å². The molecule has 0 aliphatic carbocycles. The average molecular weight is 368 g/mol. The summed E-state index contributed by atoms with van der Waals surface area (Å²) in [6, 6.07) is 13.5. The van der Waals surface area contributed by atoms with Crippen molar-refractivity contribution in [2.45, 2.75) is 13.3 Å². The summed E-state index contributed by atoms with van der Waals surface area (Å²) in [5, 5.41) is 5.28. The van der Waals surface area contributed by atoms with Crippen LogP contribution in [0.1, 0.15) is 22.8 Å². The Balaban J connectivity index is 1.82. The van der Waals surface area contributed by atoms with Gasteiger partial charge in [0.2, 0.25) is 0 Å². The molecule has 0 aliphatic rings. The second-order valence-corrected chi connectivity index (χ2v) is 6.44. The first-order valence-corrected chi connectivity index (χ1v) is 9.11. The third-order valence-corrected chi connectivity index (χ3v) is 4.80. The highest BCUT2D eigenvalue weighted by Crippen LogP contribution is 2.30. The maximum absolute atomic E-state index is 12.7. The van der Waals surface area contributed by atoms with E-state index in [1.807, 2.05) is 17.5 Å². The summed E-state index contributed by atoms with van der Waals surface area (Å²) in [5.41, 5.74) is 3.48. The molecule has 0 atom stereocenters. The number of amides is 1. The van der Waals surface area contributed by atoms with Gasteiger partial charge in [-0.3, -0.25) is 10.1 Å². The first-order chi connectivity index (χ1) is 12.7. The van der Waals surface area contributed by atoms with Crippen molar-refractivity contribution in [1.29, 1.82) is 0 Å². The second-order valence-electron chi connectivity index (χ2n) is 5.58. The lowest BCUT2D eigenvalue weighted by molar-refractivity contribution is 0.102. The summed E-state index contributed by atoms with van der Waals surface area (Å²) in [4.78, 5) is 17.2. The monoisotopic (exact) mass is 368 g/mol. The Hall–Kier alpha value is -2.86. The Morgan fingerprint density at radius 2 is 1.73 bits per heavy atom. The van der Waals surface area contributed by atoms with Gasteiger partial charge in [0.05, 0.1) is 19.9 Å². The lowest BCUT2D eigenvalue weighted by atomic mass is 10.1. The van der Waals surface area contributed by atoms with Crippen LogP contribution in [0.5, 0.6) is 11.5 Å². The Labute approximate surface area is 156 Å². The third kappa shape index (κ3) is 3.70. The zero-order valence-electron chi connectivity index (χ0n) is 14.9. The van der Waals surface area contributed by atoms with Crippen molar-refractivity contribution in [2.24, 2.45) is 0 Å². The summed E-state index contributed by atoms with van der Waals surface area (Å²) in [6.45, 7) is 2.12. The number of anilines is 1. The van der Waals surface area contributed by atoms with E-state index >= 15 is 0 Å². The average Bonchev–Trinajstić information content (AvgIpc) is 3.15. The smallest absolute Gasteiger partial charge is 0.265 e. The minimum atomic E-state index is -0.318.